The van der Waals surface area contributed by atoms with Gasteiger partial charge < -0.3 is 20.1 Å². The van der Waals surface area contributed by atoms with Gasteiger partial charge in [0, 0.05) is 32.6 Å². The summed E-state index contributed by atoms with van der Waals surface area (Å²) in [6, 6.07) is 0. The number of aliphatic hydroxyl groups excluding tert-OH is 1. The standard InChI is InChI=1S/C18H35N3O3/c1-5-19-17(21-13-11-15(22)14-21)20-12-9-7-6-8-10-16(23)24-18(2,3)4/h15,22H,5-14H2,1-4H3,(H,19,20)/t15-/m1/s1. The molecule has 0 aromatic rings. The summed E-state index contributed by atoms with van der Waals surface area (Å²) in [5, 5.41) is 12.9. The highest BCUT2D eigenvalue weighted by Crippen LogP contribution is 2.12. The summed E-state index contributed by atoms with van der Waals surface area (Å²) in [5.41, 5.74) is -0.391. The van der Waals surface area contributed by atoms with Crippen molar-refractivity contribution in [1.29, 1.82) is 0 Å². The van der Waals surface area contributed by atoms with Gasteiger partial charge >= 0.3 is 5.97 Å². The van der Waals surface area contributed by atoms with Gasteiger partial charge in [-0.1, -0.05) is 12.8 Å². The average Bonchev–Trinajstić information content (AvgIpc) is 2.89. The SMILES string of the molecule is CCNC(=NCCCCCCC(=O)OC(C)(C)C)N1CC[C@@H](O)C1. The molecule has 0 bridgehead atoms. The van der Waals surface area contributed by atoms with Crippen molar-refractivity contribution in [2.45, 2.75) is 77.9 Å². The molecule has 0 saturated carbocycles. The molecule has 6 heteroatoms. The zero-order valence-electron chi connectivity index (χ0n) is 15.8. The molecule has 0 aromatic heterocycles. The molecule has 1 atom stereocenters. The lowest BCUT2D eigenvalue weighted by atomic mass is 10.1. The number of rotatable bonds is 8. The van der Waals surface area contributed by atoms with Crippen LogP contribution in [-0.2, 0) is 9.53 Å². The van der Waals surface area contributed by atoms with Crippen LogP contribution in [0.15, 0.2) is 4.99 Å². The first-order chi connectivity index (χ1) is 11.3. The molecule has 0 aliphatic carbocycles. The number of β-amino-alcohol motifs (C(OH)–C–C–N with tert-alkyl or cyclic N) is 1. The maximum absolute atomic E-state index is 11.6. The Morgan fingerprint density at radius 2 is 2.00 bits per heavy atom. The normalized spacial score (nSPS) is 18.8. The molecule has 1 saturated heterocycles. The number of carbonyl (C=O) groups excluding carboxylic acids is 1. The first-order valence-corrected chi connectivity index (χ1v) is 9.25. The van der Waals surface area contributed by atoms with Crippen LogP contribution in [0.3, 0.4) is 0 Å². The van der Waals surface area contributed by atoms with Crippen molar-refractivity contribution in [3.8, 4) is 0 Å². The van der Waals surface area contributed by atoms with Crippen LogP contribution >= 0.6 is 0 Å². The molecule has 2 N–H and O–H groups in total. The summed E-state index contributed by atoms with van der Waals surface area (Å²) in [7, 11) is 0. The highest BCUT2D eigenvalue weighted by molar-refractivity contribution is 5.80. The summed E-state index contributed by atoms with van der Waals surface area (Å²) in [4.78, 5) is 18.4. The first kappa shape index (κ1) is 20.7. The molecule has 1 rings (SSSR count). The third-order valence-electron chi connectivity index (χ3n) is 3.77. The van der Waals surface area contributed by atoms with Crippen LogP contribution in [0.25, 0.3) is 0 Å². The summed E-state index contributed by atoms with van der Waals surface area (Å²) < 4.78 is 5.29. The lowest BCUT2D eigenvalue weighted by Crippen LogP contribution is -2.40. The molecule has 0 radical (unpaired) electrons. The maximum Gasteiger partial charge on any atom is 0.306 e. The number of hydrogen-bond acceptors (Lipinski definition) is 4. The van der Waals surface area contributed by atoms with Crippen LogP contribution in [0.5, 0.6) is 0 Å². The number of aliphatic hydroxyl groups is 1. The van der Waals surface area contributed by atoms with Gasteiger partial charge in [0.15, 0.2) is 5.96 Å². The lowest BCUT2D eigenvalue weighted by molar-refractivity contribution is -0.154. The predicted molar refractivity (Wildman–Crippen MR) is 97.1 cm³/mol. The molecule has 24 heavy (non-hydrogen) atoms. The Kier molecular flexibility index (Phi) is 9.11. The van der Waals surface area contributed by atoms with Gasteiger partial charge in [0.05, 0.1) is 6.10 Å². The molecule has 1 aliphatic heterocycles. The predicted octanol–water partition coefficient (Wildman–Crippen LogP) is 2.31. The van der Waals surface area contributed by atoms with Gasteiger partial charge in [-0.2, -0.15) is 0 Å². The van der Waals surface area contributed by atoms with Crippen LogP contribution in [-0.4, -0.2) is 59.8 Å². The van der Waals surface area contributed by atoms with Crippen molar-refractivity contribution in [2.24, 2.45) is 4.99 Å². The van der Waals surface area contributed by atoms with Crippen molar-refractivity contribution < 1.29 is 14.6 Å². The van der Waals surface area contributed by atoms with E-state index in [1.54, 1.807) is 0 Å². The summed E-state index contributed by atoms with van der Waals surface area (Å²) >= 11 is 0. The van der Waals surface area contributed by atoms with E-state index >= 15 is 0 Å². The molecule has 6 nitrogen and oxygen atoms in total. The number of carbonyl (C=O) groups is 1. The summed E-state index contributed by atoms with van der Waals surface area (Å²) in [6.45, 7) is 10.9. The minimum absolute atomic E-state index is 0.109. The number of unbranched alkanes of at least 4 members (excludes halogenated alkanes) is 3. The van der Waals surface area contributed by atoms with Crippen molar-refractivity contribution in [3.63, 3.8) is 0 Å². The zero-order chi connectivity index (χ0) is 18.0. The van der Waals surface area contributed by atoms with E-state index in [1.807, 2.05) is 20.8 Å². The van der Waals surface area contributed by atoms with Crippen LogP contribution < -0.4 is 5.32 Å². The lowest BCUT2D eigenvalue weighted by Gasteiger charge is -2.20. The number of nitrogens with zero attached hydrogens (tertiary/aromatic N) is 2. The van der Waals surface area contributed by atoms with E-state index in [-0.39, 0.29) is 12.1 Å². The molecule has 0 unspecified atom stereocenters. The minimum atomic E-state index is -0.391. The molecule has 0 aromatic carbocycles. The molecule has 0 spiro atoms. The Morgan fingerprint density at radius 3 is 2.58 bits per heavy atom. The third kappa shape index (κ3) is 9.11. The molecule has 0 amide bonds. The van der Waals surface area contributed by atoms with Gasteiger partial charge in [-0.3, -0.25) is 9.79 Å². The Hall–Kier alpha value is -1.30. The van der Waals surface area contributed by atoms with E-state index in [4.69, 9.17) is 4.74 Å². The van der Waals surface area contributed by atoms with Crippen LogP contribution in [0, 0.1) is 0 Å². The second-order valence-electron chi connectivity index (χ2n) is 7.37. The number of likely N-dealkylation sites (tertiary alicyclic amines) is 1. The summed E-state index contributed by atoms with van der Waals surface area (Å²) in [6.07, 6.45) is 5.05. The Labute approximate surface area is 146 Å². The molecule has 1 fully saturated rings. The number of ether oxygens (including phenoxy) is 1. The second kappa shape index (κ2) is 10.5. The average molecular weight is 341 g/mol. The highest BCUT2D eigenvalue weighted by atomic mass is 16.6. The Morgan fingerprint density at radius 1 is 1.29 bits per heavy atom. The fourth-order valence-corrected chi connectivity index (χ4v) is 2.67. The van der Waals surface area contributed by atoms with Gasteiger partial charge in [-0.15, -0.1) is 0 Å². The van der Waals surface area contributed by atoms with Crippen molar-refractivity contribution in [1.82, 2.24) is 10.2 Å². The van der Waals surface area contributed by atoms with E-state index in [9.17, 15) is 9.90 Å². The fourth-order valence-electron chi connectivity index (χ4n) is 2.67. The molecule has 140 valence electrons. The quantitative estimate of drug-likeness (QED) is 0.307. The number of esters is 1. The van der Waals surface area contributed by atoms with E-state index in [0.717, 1.165) is 57.7 Å². The monoisotopic (exact) mass is 341 g/mol. The summed E-state index contributed by atoms with van der Waals surface area (Å²) in [5.74, 6) is 0.797. The molecular weight excluding hydrogens is 306 g/mol. The van der Waals surface area contributed by atoms with Crippen molar-refractivity contribution in [3.05, 3.63) is 0 Å². The minimum Gasteiger partial charge on any atom is -0.460 e. The van der Waals surface area contributed by atoms with E-state index in [0.29, 0.717) is 13.0 Å². The number of hydrogen-bond donors (Lipinski definition) is 2. The zero-order valence-corrected chi connectivity index (χ0v) is 15.8. The maximum atomic E-state index is 11.6. The highest BCUT2D eigenvalue weighted by Gasteiger charge is 2.22. The smallest absolute Gasteiger partial charge is 0.306 e. The van der Waals surface area contributed by atoms with Gasteiger partial charge in [-0.05, 0) is 47.0 Å². The van der Waals surface area contributed by atoms with E-state index in [1.165, 1.54) is 0 Å². The van der Waals surface area contributed by atoms with Gasteiger partial charge in [0.2, 0.25) is 0 Å². The van der Waals surface area contributed by atoms with Crippen LogP contribution in [0.1, 0.15) is 66.2 Å². The second-order valence-corrected chi connectivity index (χ2v) is 7.37. The Balaban J connectivity index is 2.15. The molecule has 1 aliphatic rings. The fraction of sp³-hybridized carbons (Fsp3) is 0.889. The first-order valence-electron chi connectivity index (χ1n) is 9.25. The molecule has 1 heterocycles. The third-order valence-corrected chi connectivity index (χ3v) is 3.77. The van der Waals surface area contributed by atoms with Gasteiger partial charge in [0.1, 0.15) is 5.60 Å². The van der Waals surface area contributed by atoms with Crippen LogP contribution in [0.4, 0.5) is 0 Å². The van der Waals surface area contributed by atoms with Crippen LogP contribution in [0.2, 0.25) is 0 Å². The number of aliphatic imine (C=N–C) groups is 1. The van der Waals surface area contributed by atoms with E-state index < -0.39 is 5.60 Å². The number of guanidine groups is 1. The van der Waals surface area contributed by atoms with E-state index in [2.05, 4.69) is 22.1 Å². The molecular formula is C18H35N3O3. The van der Waals surface area contributed by atoms with Gasteiger partial charge in [0.25, 0.3) is 0 Å². The van der Waals surface area contributed by atoms with Gasteiger partial charge in [-0.25, -0.2) is 0 Å². The Bertz CT molecular complexity index is 405. The van der Waals surface area contributed by atoms with Crippen molar-refractivity contribution in [2.75, 3.05) is 26.2 Å². The van der Waals surface area contributed by atoms with Crippen molar-refractivity contribution >= 4 is 11.9 Å². The number of nitrogens with one attached hydrogen (secondary N) is 1. The topological polar surface area (TPSA) is 74.2 Å². The largest absolute Gasteiger partial charge is 0.460 e.